The predicted molar refractivity (Wildman–Crippen MR) is 54.7 cm³/mol. The van der Waals surface area contributed by atoms with Crippen LogP contribution in [0.1, 0.15) is 6.92 Å². The third-order valence-electron chi connectivity index (χ3n) is 1.18. The molecule has 92 valence electrons. The Bertz CT molecular complexity index is 175. The summed E-state index contributed by atoms with van der Waals surface area (Å²) in [6.45, 7) is 2.91. The van der Waals surface area contributed by atoms with E-state index in [1.54, 1.807) is 0 Å². The van der Waals surface area contributed by atoms with Crippen LogP contribution in [0.2, 0.25) is 0 Å². The zero-order valence-electron chi connectivity index (χ0n) is 9.69. The molecule has 0 aromatic heterocycles. The molecule has 0 amide bonds. The van der Waals surface area contributed by atoms with Crippen molar-refractivity contribution in [2.45, 2.75) is 6.92 Å². The first kappa shape index (κ1) is 16.6. The summed E-state index contributed by atoms with van der Waals surface area (Å²) < 4.78 is 39.0. The van der Waals surface area contributed by atoms with Crippen LogP contribution in [-0.2, 0) is 0 Å². The Morgan fingerprint density at radius 2 is 1.53 bits per heavy atom. The van der Waals surface area contributed by atoms with Gasteiger partial charge < -0.3 is 22.2 Å². The second kappa shape index (κ2) is 7.50. The summed E-state index contributed by atoms with van der Waals surface area (Å²) in [5.74, 6) is 1.10. The summed E-state index contributed by atoms with van der Waals surface area (Å²) in [6, 6.07) is 0. The maximum atomic E-state index is 9.75. The third-order valence-corrected chi connectivity index (χ3v) is 1.18. The molecule has 8 heteroatoms. The number of guanidine groups is 1. The summed E-state index contributed by atoms with van der Waals surface area (Å²) >= 11 is 0. The summed E-state index contributed by atoms with van der Waals surface area (Å²) in [5, 5.41) is 0. The molecule has 3 nitrogen and oxygen atoms in total. The highest BCUT2D eigenvalue weighted by molar-refractivity contribution is 6.50. The molecular weight excluding hydrogens is 213 g/mol. The standard InChI is InChI=1S/C7H17N3.BF4/c1-6-8-7(9(2)3)10(4)5;2-1(3,4)5/h6H2,1-5H3;/q;-1/p+1. The molecule has 0 saturated heterocycles. The minimum atomic E-state index is -6.00. The van der Waals surface area contributed by atoms with E-state index in [9.17, 15) is 17.3 Å². The molecule has 0 aliphatic rings. The van der Waals surface area contributed by atoms with Crippen LogP contribution in [-0.4, -0.2) is 52.8 Å². The van der Waals surface area contributed by atoms with Crippen molar-refractivity contribution < 1.29 is 22.2 Å². The van der Waals surface area contributed by atoms with Gasteiger partial charge in [0.1, 0.15) is 0 Å². The van der Waals surface area contributed by atoms with Crippen LogP contribution >= 0.6 is 0 Å². The first-order chi connectivity index (χ1) is 6.59. The lowest BCUT2D eigenvalue weighted by molar-refractivity contribution is -0.764. The average molecular weight is 231 g/mol. The Morgan fingerprint density at radius 3 is 1.60 bits per heavy atom. The van der Waals surface area contributed by atoms with Crippen LogP contribution in [0, 0.1) is 0 Å². The number of rotatable bonds is 1. The van der Waals surface area contributed by atoms with Gasteiger partial charge in [-0.05, 0) is 6.92 Å². The highest BCUT2D eigenvalue weighted by Gasteiger charge is 2.20. The van der Waals surface area contributed by atoms with Gasteiger partial charge in [0.05, 0.1) is 14.1 Å². The largest absolute Gasteiger partial charge is 0.673 e. The van der Waals surface area contributed by atoms with E-state index >= 15 is 0 Å². The lowest BCUT2D eigenvalue weighted by Gasteiger charge is -2.16. The normalized spacial score (nSPS) is 12.3. The van der Waals surface area contributed by atoms with Gasteiger partial charge in [0.15, 0.2) is 0 Å². The smallest absolute Gasteiger partial charge is 0.418 e. The molecule has 0 aromatic rings. The van der Waals surface area contributed by atoms with Crippen molar-refractivity contribution in [3.8, 4) is 0 Å². The predicted octanol–water partition coefficient (Wildman–Crippen LogP) is 0.368. The Balaban J connectivity index is 0. The van der Waals surface area contributed by atoms with Gasteiger partial charge in [-0.15, -0.1) is 0 Å². The van der Waals surface area contributed by atoms with Gasteiger partial charge in [-0.3, -0.25) is 4.90 Å². The first-order valence-electron chi connectivity index (χ1n) is 4.49. The monoisotopic (exact) mass is 231 g/mol. The fourth-order valence-corrected chi connectivity index (χ4v) is 0.897. The molecule has 0 atom stereocenters. The van der Waals surface area contributed by atoms with Crippen LogP contribution in [0.5, 0.6) is 0 Å². The second-order valence-corrected chi connectivity index (χ2v) is 3.19. The van der Waals surface area contributed by atoms with Crippen LogP contribution in [0.3, 0.4) is 0 Å². The molecule has 0 fully saturated rings. The quantitative estimate of drug-likeness (QED) is 0.299. The summed E-state index contributed by atoms with van der Waals surface area (Å²) in [6.07, 6.45) is 0. The molecule has 0 unspecified atom stereocenters. The van der Waals surface area contributed by atoms with E-state index in [-0.39, 0.29) is 0 Å². The van der Waals surface area contributed by atoms with Gasteiger partial charge in [0.25, 0.3) is 5.96 Å². The zero-order valence-corrected chi connectivity index (χ0v) is 9.69. The molecular formula is C7H18BF4N3. The molecule has 0 aliphatic carbocycles. The fourth-order valence-electron chi connectivity index (χ4n) is 0.897. The van der Waals surface area contributed by atoms with Gasteiger partial charge in [-0.25, -0.2) is 4.99 Å². The van der Waals surface area contributed by atoms with Crippen LogP contribution in [0.25, 0.3) is 0 Å². The average Bonchev–Trinajstić information content (AvgIpc) is 1.95. The highest BCUT2D eigenvalue weighted by atomic mass is 19.5. The van der Waals surface area contributed by atoms with E-state index < -0.39 is 7.25 Å². The van der Waals surface area contributed by atoms with Crippen LogP contribution < -0.4 is 4.90 Å². The van der Waals surface area contributed by atoms with E-state index in [0.29, 0.717) is 0 Å². The van der Waals surface area contributed by atoms with Crippen molar-refractivity contribution in [3.63, 3.8) is 0 Å². The maximum Gasteiger partial charge on any atom is 0.673 e. The number of quaternary nitrogens is 1. The molecule has 0 bridgehead atoms. The zero-order chi connectivity index (χ0) is 12.6. The second-order valence-electron chi connectivity index (χ2n) is 3.19. The summed E-state index contributed by atoms with van der Waals surface area (Å²) in [5.41, 5.74) is 0. The van der Waals surface area contributed by atoms with E-state index in [0.717, 1.165) is 12.5 Å². The van der Waals surface area contributed by atoms with Crippen LogP contribution in [0.15, 0.2) is 4.99 Å². The Labute approximate surface area is 87.9 Å². The first-order valence-corrected chi connectivity index (χ1v) is 4.49. The van der Waals surface area contributed by atoms with E-state index in [1.165, 1.54) is 4.90 Å². The van der Waals surface area contributed by atoms with Crippen molar-refractivity contribution in [2.75, 3.05) is 34.7 Å². The third kappa shape index (κ3) is 15.9. The van der Waals surface area contributed by atoms with Crippen molar-refractivity contribution in [2.24, 2.45) is 4.99 Å². The van der Waals surface area contributed by atoms with E-state index in [4.69, 9.17) is 0 Å². The molecule has 0 rings (SSSR count). The van der Waals surface area contributed by atoms with Crippen molar-refractivity contribution in [1.82, 2.24) is 4.90 Å². The molecule has 0 saturated carbocycles. The maximum absolute atomic E-state index is 9.75. The molecule has 0 aromatic carbocycles. The SMILES string of the molecule is CCN=C(N(C)C)[NH+](C)C.F[B-](F)(F)F. The van der Waals surface area contributed by atoms with Gasteiger partial charge in [-0.2, -0.15) is 0 Å². The molecule has 0 heterocycles. The lowest BCUT2D eigenvalue weighted by Crippen LogP contribution is -3.10. The molecule has 15 heavy (non-hydrogen) atoms. The van der Waals surface area contributed by atoms with Gasteiger partial charge in [-0.1, -0.05) is 0 Å². The Hall–Kier alpha value is -0.785. The molecule has 0 spiro atoms. The van der Waals surface area contributed by atoms with Crippen molar-refractivity contribution in [3.05, 3.63) is 0 Å². The van der Waals surface area contributed by atoms with Gasteiger partial charge in [0.2, 0.25) is 0 Å². The number of nitrogens with zero attached hydrogens (tertiary/aromatic N) is 2. The number of hydrogen-bond donors (Lipinski definition) is 1. The lowest BCUT2D eigenvalue weighted by atomic mass is 10.3. The van der Waals surface area contributed by atoms with Crippen molar-refractivity contribution >= 4 is 13.2 Å². The molecule has 1 N–H and O–H groups in total. The number of hydrogen-bond acceptors (Lipinski definition) is 1. The number of aliphatic imine (C=N–C) groups is 1. The van der Waals surface area contributed by atoms with E-state index in [2.05, 4.69) is 19.1 Å². The highest BCUT2D eigenvalue weighted by Crippen LogP contribution is 2.06. The minimum Gasteiger partial charge on any atom is -0.418 e. The minimum absolute atomic E-state index is 0.860. The van der Waals surface area contributed by atoms with Crippen molar-refractivity contribution in [1.29, 1.82) is 0 Å². The van der Waals surface area contributed by atoms with Gasteiger partial charge in [0, 0.05) is 20.6 Å². The Morgan fingerprint density at radius 1 is 1.20 bits per heavy atom. The number of halogens is 4. The van der Waals surface area contributed by atoms with Gasteiger partial charge >= 0.3 is 7.25 Å². The number of nitrogens with one attached hydrogen (secondary N) is 1. The topological polar surface area (TPSA) is 20.0 Å². The van der Waals surface area contributed by atoms with Crippen LogP contribution in [0.4, 0.5) is 17.3 Å². The molecule has 0 aliphatic heterocycles. The Kier molecular flexibility index (Phi) is 8.32. The van der Waals surface area contributed by atoms with E-state index in [1.807, 2.05) is 25.9 Å². The molecule has 0 radical (unpaired) electrons. The summed E-state index contributed by atoms with van der Waals surface area (Å²) in [7, 11) is 2.19. The fraction of sp³-hybridized carbons (Fsp3) is 0.857. The summed E-state index contributed by atoms with van der Waals surface area (Å²) in [4.78, 5) is 7.64.